The van der Waals surface area contributed by atoms with Crippen LogP contribution in [0.15, 0.2) is 53.7 Å². The molecule has 0 saturated carbocycles. The molecule has 12 heteroatoms. The molecule has 1 N–H and O–H groups in total. The molecule has 1 aromatic carbocycles. The summed E-state index contributed by atoms with van der Waals surface area (Å²) in [6.07, 6.45) is 0.344. The number of hydrogen-bond acceptors (Lipinski definition) is 6. The molecule has 0 radical (unpaired) electrons. The minimum absolute atomic E-state index is 0.171. The number of fused-ring (bicyclic) bond motifs is 1. The van der Waals surface area contributed by atoms with Crippen LogP contribution in [0.1, 0.15) is 19.8 Å². The zero-order valence-corrected chi connectivity index (χ0v) is 19.3. The fourth-order valence-corrected chi connectivity index (χ4v) is 5.72. The Morgan fingerprint density at radius 3 is 2.38 bits per heavy atom. The molecule has 8 nitrogen and oxygen atoms in total. The lowest BCUT2D eigenvalue weighted by Gasteiger charge is -2.45. The number of halogens is 3. The monoisotopic (exact) mass is 501 g/mol. The second-order valence-electron chi connectivity index (χ2n) is 8.17. The van der Waals surface area contributed by atoms with Crippen LogP contribution in [-0.4, -0.2) is 67.7 Å². The van der Waals surface area contributed by atoms with E-state index in [-0.39, 0.29) is 10.3 Å². The van der Waals surface area contributed by atoms with Crippen LogP contribution in [0.4, 0.5) is 18.9 Å². The van der Waals surface area contributed by atoms with Crippen molar-refractivity contribution in [2.24, 2.45) is 5.41 Å². The minimum atomic E-state index is -5.08. The highest BCUT2D eigenvalue weighted by Crippen LogP contribution is 2.39. The average molecular weight is 502 g/mol. The molecular formula is C22H26F3N3O5S. The Bertz CT molecular complexity index is 1090. The number of nitrogens with zero attached hydrogens (tertiary/aromatic N) is 3. The van der Waals surface area contributed by atoms with Gasteiger partial charge in [0.1, 0.15) is 10.6 Å². The summed E-state index contributed by atoms with van der Waals surface area (Å²) in [6, 6.07) is 11.0. The number of ether oxygens (including phenoxy) is 1. The first-order valence-corrected chi connectivity index (χ1v) is 12.1. The molecular weight excluding hydrogens is 475 g/mol. The Kier molecular flexibility index (Phi) is 7.71. The van der Waals surface area contributed by atoms with Crippen molar-refractivity contribution in [3.63, 3.8) is 0 Å². The highest BCUT2D eigenvalue weighted by molar-refractivity contribution is 7.89. The van der Waals surface area contributed by atoms with E-state index in [1.807, 2.05) is 25.3 Å². The predicted octanol–water partition coefficient (Wildman–Crippen LogP) is 3.40. The lowest BCUT2D eigenvalue weighted by atomic mass is 9.78. The van der Waals surface area contributed by atoms with E-state index in [0.29, 0.717) is 25.4 Å². The zero-order valence-electron chi connectivity index (χ0n) is 18.5. The number of rotatable bonds is 2. The van der Waals surface area contributed by atoms with Crippen molar-refractivity contribution in [2.45, 2.75) is 30.8 Å². The van der Waals surface area contributed by atoms with E-state index in [2.05, 4.69) is 16.0 Å². The molecule has 0 amide bonds. The van der Waals surface area contributed by atoms with Crippen LogP contribution < -0.4 is 9.64 Å². The number of piperidine rings is 1. The number of anilines is 1. The number of aliphatic carboxylic acids is 1. The van der Waals surface area contributed by atoms with Crippen LogP contribution in [0.3, 0.4) is 0 Å². The zero-order chi connectivity index (χ0) is 25.0. The predicted molar refractivity (Wildman–Crippen MR) is 118 cm³/mol. The molecule has 1 aromatic heterocycles. The lowest BCUT2D eigenvalue weighted by molar-refractivity contribution is -0.192. The minimum Gasteiger partial charge on any atom is -0.492 e. The Morgan fingerprint density at radius 1 is 1.18 bits per heavy atom. The Morgan fingerprint density at radius 2 is 1.82 bits per heavy atom. The lowest BCUT2D eigenvalue weighted by Crippen LogP contribution is -2.51. The number of carbonyl (C=O) groups is 1. The number of benzene rings is 1. The van der Waals surface area contributed by atoms with Crippen LogP contribution in [0.5, 0.6) is 5.75 Å². The molecule has 2 aromatic rings. The molecule has 2 aliphatic heterocycles. The first-order chi connectivity index (χ1) is 16.0. The molecule has 2 aliphatic rings. The van der Waals surface area contributed by atoms with Crippen molar-refractivity contribution in [2.75, 3.05) is 37.7 Å². The fraction of sp³-hybridized carbons (Fsp3) is 0.455. The summed E-state index contributed by atoms with van der Waals surface area (Å²) in [5.41, 5.74) is 0.944. The maximum absolute atomic E-state index is 13.1. The highest BCUT2D eigenvalue weighted by atomic mass is 32.2. The third-order valence-corrected chi connectivity index (χ3v) is 7.90. The Hall–Kier alpha value is -2.86. The van der Waals surface area contributed by atoms with Gasteiger partial charge in [0.05, 0.1) is 18.5 Å². The second kappa shape index (κ2) is 10.2. The van der Waals surface area contributed by atoms with Gasteiger partial charge in [-0.1, -0.05) is 19.1 Å². The van der Waals surface area contributed by atoms with Crippen LogP contribution >= 0.6 is 0 Å². The fourth-order valence-electron chi connectivity index (χ4n) is 4.02. The van der Waals surface area contributed by atoms with Gasteiger partial charge in [0.15, 0.2) is 0 Å². The molecule has 0 atom stereocenters. The molecule has 0 unspecified atom stereocenters. The summed E-state index contributed by atoms with van der Waals surface area (Å²) < 4.78 is 65.7. The third kappa shape index (κ3) is 5.79. The standard InChI is InChI=1S/C20H25N3O3S.C2HF3O2/c1-2-23-15-20(9-12-22(13-10-20)17-6-5-11-21-14-17)16-26-18-7-3-4-8-19(18)27(23,24)25;3-2(4,5)1(6)7/h3-8,11,14H,2,9-10,12-13,15-16H2,1H3;(H,6,7). The number of sulfonamides is 1. The van der Waals surface area contributed by atoms with E-state index in [0.717, 1.165) is 31.6 Å². The topological polar surface area (TPSA) is 100 Å². The van der Waals surface area contributed by atoms with Gasteiger partial charge >= 0.3 is 12.1 Å². The second-order valence-corrected chi connectivity index (χ2v) is 10.1. The Labute approximate surface area is 196 Å². The van der Waals surface area contributed by atoms with Gasteiger partial charge in [-0.15, -0.1) is 0 Å². The van der Waals surface area contributed by atoms with E-state index >= 15 is 0 Å². The number of para-hydroxylation sites is 1. The molecule has 4 rings (SSSR count). The van der Waals surface area contributed by atoms with E-state index < -0.39 is 22.2 Å². The summed E-state index contributed by atoms with van der Waals surface area (Å²) in [5, 5.41) is 7.12. The van der Waals surface area contributed by atoms with Crippen molar-refractivity contribution in [3.05, 3.63) is 48.8 Å². The normalized spacial score (nSPS) is 19.6. The van der Waals surface area contributed by atoms with E-state index in [1.165, 1.54) is 0 Å². The van der Waals surface area contributed by atoms with Crippen LogP contribution in [0.2, 0.25) is 0 Å². The van der Waals surface area contributed by atoms with Gasteiger partial charge < -0.3 is 14.7 Å². The number of aromatic nitrogens is 1. The van der Waals surface area contributed by atoms with Gasteiger partial charge in [-0.2, -0.15) is 17.5 Å². The Balaban J connectivity index is 0.000000406. The summed E-state index contributed by atoms with van der Waals surface area (Å²) in [4.78, 5) is 15.7. The van der Waals surface area contributed by atoms with Crippen molar-refractivity contribution in [1.29, 1.82) is 0 Å². The van der Waals surface area contributed by atoms with Gasteiger partial charge in [-0.3, -0.25) is 4.98 Å². The van der Waals surface area contributed by atoms with Crippen molar-refractivity contribution < 1.29 is 36.2 Å². The molecule has 1 saturated heterocycles. The first-order valence-electron chi connectivity index (χ1n) is 10.7. The third-order valence-electron chi connectivity index (χ3n) is 5.94. The van der Waals surface area contributed by atoms with Crippen molar-refractivity contribution >= 4 is 21.7 Å². The number of alkyl halides is 3. The van der Waals surface area contributed by atoms with Gasteiger partial charge in [0, 0.05) is 37.8 Å². The molecule has 186 valence electrons. The molecule has 34 heavy (non-hydrogen) atoms. The molecule has 1 spiro atoms. The number of carboxylic acids is 1. The smallest absolute Gasteiger partial charge is 0.490 e. The van der Waals surface area contributed by atoms with Crippen molar-refractivity contribution in [3.8, 4) is 5.75 Å². The van der Waals surface area contributed by atoms with Crippen LogP contribution in [0, 0.1) is 5.41 Å². The van der Waals surface area contributed by atoms with Gasteiger partial charge in [0.25, 0.3) is 0 Å². The summed E-state index contributed by atoms with van der Waals surface area (Å²) >= 11 is 0. The molecule has 3 heterocycles. The number of hydrogen-bond donors (Lipinski definition) is 1. The van der Waals surface area contributed by atoms with E-state index in [4.69, 9.17) is 14.6 Å². The summed E-state index contributed by atoms with van der Waals surface area (Å²) in [6.45, 7) is 5.15. The van der Waals surface area contributed by atoms with Crippen LogP contribution in [-0.2, 0) is 14.8 Å². The van der Waals surface area contributed by atoms with Crippen LogP contribution in [0.25, 0.3) is 0 Å². The average Bonchev–Trinajstić information content (AvgIpc) is 2.81. The molecule has 1 fully saturated rings. The molecule has 0 bridgehead atoms. The summed E-state index contributed by atoms with van der Waals surface area (Å²) in [5.74, 6) is -2.29. The maximum Gasteiger partial charge on any atom is 0.490 e. The van der Waals surface area contributed by atoms with Gasteiger partial charge in [-0.05, 0) is 37.1 Å². The SMILES string of the molecule is CCN1CC2(CCN(c3cccnc3)CC2)COc2ccccc2S1(=O)=O.O=C(O)C(F)(F)F. The quantitative estimate of drug-likeness (QED) is 0.673. The largest absolute Gasteiger partial charge is 0.492 e. The van der Waals surface area contributed by atoms with E-state index in [9.17, 15) is 21.6 Å². The first kappa shape index (κ1) is 25.8. The van der Waals surface area contributed by atoms with Crippen molar-refractivity contribution in [1.82, 2.24) is 9.29 Å². The number of pyridine rings is 1. The summed E-state index contributed by atoms with van der Waals surface area (Å²) in [7, 11) is -3.55. The number of carboxylic acid groups (broad SMARTS) is 1. The van der Waals surface area contributed by atoms with Gasteiger partial charge in [0.2, 0.25) is 10.0 Å². The maximum atomic E-state index is 13.1. The molecule has 0 aliphatic carbocycles. The van der Waals surface area contributed by atoms with Gasteiger partial charge in [-0.25, -0.2) is 13.2 Å². The van der Waals surface area contributed by atoms with E-state index in [1.54, 1.807) is 28.7 Å². The highest BCUT2D eigenvalue weighted by Gasteiger charge is 2.42.